The van der Waals surface area contributed by atoms with Crippen LogP contribution in [0.4, 0.5) is 0 Å². The molecule has 0 saturated carbocycles. The van der Waals surface area contributed by atoms with E-state index >= 15 is 0 Å². The molecule has 1 rings (SSSR count). The Morgan fingerprint density at radius 1 is 1.33 bits per heavy atom. The predicted octanol–water partition coefficient (Wildman–Crippen LogP) is -0.582. The van der Waals surface area contributed by atoms with Gasteiger partial charge in [0.25, 0.3) is 0 Å². The average molecular weight is 165 g/mol. The molecule has 0 aromatic carbocycles. The highest BCUT2D eigenvalue weighted by atomic mass is 15.1. The molecule has 0 spiro atoms. The van der Waals surface area contributed by atoms with Gasteiger partial charge in [0, 0.05) is 0 Å². The summed E-state index contributed by atoms with van der Waals surface area (Å²) >= 11 is 0. The van der Waals surface area contributed by atoms with Crippen molar-refractivity contribution in [2.45, 2.75) is 6.42 Å². The smallest absolute Gasteiger partial charge is 0.223 e. The van der Waals surface area contributed by atoms with Crippen LogP contribution in [0.2, 0.25) is 0 Å². The van der Waals surface area contributed by atoms with Crippen LogP contribution in [-0.4, -0.2) is 11.9 Å². The number of hydrogen-bond donors (Lipinski definition) is 3. The van der Waals surface area contributed by atoms with E-state index in [9.17, 15) is 0 Å². The first-order chi connectivity index (χ1) is 5.68. The standard InChI is InChI=1S/C7H11N5/c8-6(9)12-7(10)11-5-3-1-2-4-5/h1,3-4H,2H2,(H6,8,9,10,11,12). The summed E-state index contributed by atoms with van der Waals surface area (Å²) in [6, 6.07) is 0. The Kier molecular flexibility index (Phi) is 2.47. The van der Waals surface area contributed by atoms with Crippen LogP contribution in [-0.2, 0) is 0 Å². The highest BCUT2D eigenvalue weighted by Gasteiger charge is 1.95. The fraction of sp³-hybridized carbons (Fsp3) is 0.143. The van der Waals surface area contributed by atoms with Gasteiger partial charge in [-0.25, -0.2) is 4.99 Å². The summed E-state index contributed by atoms with van der Waals surface area (Å²) in [6.07, 6.45) is 6.64. The zero-order chi connectivity index (χ0) is 8.97. The first-order valence-corrected chi connectivity index (χ1v) is 3.49. The minimum absolute atomic E-state index is 0.0767. The third kappa shape index (κ3) is 2.45. The highest BCUT2D eigenvalue weighted by Crippen LogP contribution is 2.09. The van der Waals surface area contributed by atoms with Gasteiger partial charge >= 0.3 is 0 Å². The fourth-order valence-corrected chi connectivity index (χ4v) is 0.818. The quantitative estimate of drug-likeness (QED) is 0.357. The monoisotopic (exact) mass is 165 g/mol. The molecule has 1 aliphatic rings. The molecule has 0 aliphatic heterocycles. The van der Waals surface area contributed by atoms with E-state index in [1.54, 1.807) is 0 Å². The molecule has 0 heterocycles. The molecular weight excluding hydrogens is 154 g/mol. The van der Waals surface area contributed by atoms with Gasteiger partial charge < -0.3 is 17.2 Å². The third-order valence-corrected chi connectivity index (χ3v) is 1.24. The van der Waals surface area contributed by atoms with Crippen molar-refractivity contribution in [3.05, 3.63) is 23.9 Å². The van der Waals surface area contributed by atoms with E-state index in [0.717, 1.165) is 12.1 Å². The molecule has 0 unspecified atom stereocenters. The van der Waals surface area contributed by atoms with Gasteiger partial charge in [-0.2, -0.15) is 4.99 Å². The Balaban J connectivity index is 2.68. The molecule has 1 aliphatic carbocycles. The van der Waals surface area contributed by atoms with Gasteiger partial charge in [0.15, 0.2) is 5.96 Å². The third-order valence-electron chi connectivity index (χ3n) is 1.24. The van der Waals surface area contributed by atoms with E-state index < -0.39 is 0 Å². The van der Waals surface area contributed by atoms with Crippen molar-refractivity contribution in [2.24, 2.45) is 27.2 Å². The minimum atomic E-state index is -0.0844. The molecule has 6 N–H and O–H groups in total. The van der Waals surface area contributed by atoms with E-state index in [4.69, 9.17) is 17.2 Å². The molecule has 64 valence electrons. The van der Waals surface area contributed by atoms with Crippen LogP contribution in [0.1, 0.15) is 6.42 Å². The zero-order valence-electron chi connectivity index (χ0n) is 6.57. The Labute approximate surface area is 70.4 Å². The van der Waals surface area contributed by atoms with Crippen LogP contribution >= 0.6 is 0 Å². The Hall–Kier alpha value is -1.78. The second-order valence-electron chi connectivity index (χ2n) is 2.27. The summed E-state index contributed by atoms with van der Waals surface area (Å²) in [6.45, 7) is 0. The Morgan fingerprint density at radius 2 is 2.08 bits per heavy atom. The minimum Gasteiger partial charge on any atom is -0.370 e. The lowest BCUT2D eigenvalue weighted by Crippen LogP contribution is -2.26. The molecule has 0 aromatic heterocycles. The number of aliphatic imine (C=N–C) groups is 2. The molecule has 0 atom stereocenters. The number of nitrogens with zero attached hydrogens (tertiary/aromatic N) is 2. The van der Waals surface area contributed by atoms with Gasteiger partial charge in [0.05, 0.1) is 5.70 Å². The van der Waals surface area contributed by atoms with Gasteiger partial charge in [0.1, 0.15) is 0 Å². The Bertz CT molecular complexity index is 280. The molecule has 5 nitrogen and oxygen atoms in total. The van der Waals surface area contributed by atoms with Crippen molar-refractivity contribution < 1.29 is 0 Å². The molecular formula is C7H11N5. The van der Waals surface area contributed by atoms with E-state index in [0.29, 0.717) is 0 Å². The van der Waals surface area contributed by atoms with E-state index in [-0.39, 0.29) is 11.9 Å². The topological polar surface area (TPSA) is 103 Å². The molecule has 0 aromatic rings. The largest absolute Gasteiger partial charge is 0.370 e. The van der Waals surface area contributed by atoms with Crippen LogP contribution in [0.3, 0.4) is 0 Å². The van der Waals surface area contributed by atoms with Crippen LogP contribution in [0.25, 0.3) is 0 Å². The lowest BCUT2D eigenvalue weighted by molar-refractivity contribution is 1.32. The summed E-state index contributed by atoms with van der Waals surface area (Å²) in [5.74, 6) is -0.00775. The normalized spacial score (nSPS) is 16.0. The summed E-state index contributed by atoms with van der Waals surface area (Å²) in [5, 5.41) is 0. The maximum Gasteiger partial charge on any atom is 0.223 e. The van der Waals surface area contributed by atoms with Crippen molar-refractivity contribution in [1.29, 1.82) is 0 Å². The number of hydrogen-bond acceptors (Lipinski definition) is 1. The van der Waals surface area contributed by atoms with E-state index in [1.807, 2.05) is 18.2 Å². The summed E-state index contributed by atoms with van der Waals surface area (Å²) < 4.78 is 0. The van der Waals surface area contributed by atoms with Crippen LogP contribution < -0.4 is 17.2 Å². The van der Waals surface area contributed by atoms with Crippen molar-refractivity contribution >= 4 is 11.9 Å². The first kappa shape index (κ1) is 8.32. The lowest BCUT2D eigenvalue weighted by atomic mass is 10.5. The number of guanidine groups is 2. The molecule has 5 heteroatoms. The van der Waals surface area contributed by atoms with Crippen LogP contribution in [0.15, 0.2) is 33.9 Å². The van der Waals surface area contributed by atoms with Crippen molar-refractivity contribution in [1.82, 2.24) is 0 Å². The molecule has 0 amide bonds. The van der Waals surface area contributed by atoms with Crippen molar-refractivity contribution in [3.8, 4) is 0 Å². The molecule has 0 saturated heterocycles. The first-order valence-electron chi connectivity index (χ1n) is 3.49. The number of allylic oxidation sites excluding steroid dienone is 3. The SMILES string of the molecule is NC(N)=NC(N)=NC1=CCC=C1. The van der Waals surface area contributed by atoms with Crippen molar-refractivity contribution in [2.75, 3.05) is 0 Å². The lowest BCUT2D eigenvalue weighted by Gasteiger charge is -1.93. The van der Waals surface area contributed by atoms with Crippen LogP contribution in [0.5, 0.6) is 0 Å². The van der Waals surface area contributed by atoms with Gasteiger partial charge in [0.2, 0.25) is 5.96 Å². The Morgan fingerprint density at radius 3 is 2.58 bits per heavy atom. The number of nitrogens with two attached hydrogens (primary N) is 3. The summed E-state index contributed by atoms with van der Waals surface area (Å²) in [7, 11) is 0. The molecule has 0 bridgehead atoms. The second kappa shape index (κ2) is 3.56. The predicted molar refractivity (Wildman–Crippen MR) is 49.3 cm³/mol. The average Bonchev–Trinajstić information content (AvgIpc) is 2.37. The zero-order valence-corrected chi connectivity index (χ0v) is 6.57. The highest BCUT2D eigenvalue weighted by molar-refractivity contribution is 5.92. The fourth-order valence-electron chi connectivity index (χ4n) is 0.818. The summed E-state index contributed by atoms with van der Waals surface area (Å²) in [4.78, 5) is 7.50. The number of rotatable bonds is 1. The maximum absolute atomic E-state index is 5.38. The van der Waals surface area contributed by atoms with E-state index in [1.165, 1.54) is 0 Å². The van der Waals surface area contributed by atoms with Gasteiger partial charge in [-0.3, -0.25) is 0 Å². The van der Waals surface area contributed by atoms with Crippen LogP contribution in [0, 0.1) is 0 Å². The maximum atomic E-state index is 5.38. The summed E-state index contributed by atoms with van der Waals surface area (Å²) in [5.41, 5.74) is 16.4. The molecule has 0 fully saturated rings. The van der Waals surface area contributed by atoms with E-state index in [2.05, 4.69) is 9.98 Å². The molecule has 12 heavy (non-hydrogen) atoms. The van der Waals surface area contributed by atoms with Gasteiger partial charge in [-0.05, 0) is 12.5 Å². The van der Waals surface area contributed by atoms with Crippen molar-refractivity contribution in [3.63, 3.8) is 0 Å². The van der Waals surface area contributed by atoms with Gasteiger partial charge in [-0.15, -0.1) is 0 Å². The second-order valence-corrected chi connectivity index (χ2v) is 2.27. The van der Waals surface area contributed by atoms with Gasteiger partial charge in [-0.1, -0.05) is 12.2 Å². The molecule has 0 radical (unpaired) electrons.